The minimum Gasteiger partial charge on any atom is -0.343 e. The van der Waals surface area contributed by atoms with Crippen LogP contribution in [0.4, 0.5) is 0 Å². The summed E-state index contributed by atoms with van der Waals surface area (Å²) in [5, 5.41) is 2.89. The van der Waals surface area contributed by atoms with Crippen LogP contribution in [0, 0.1) is 6.92 Å². The van der Waals surface area contributed by atoms with E-state index in [1.54, 1.807) is 17.9 Å². The first-order valence-electron chi connectivity index (χ1n) is 6.17. The first kappa shape index (κ1) is 15.4. The number of pyridine rings is 1. The molecule has 0 spiro atoms. The first-order chi connectivity index (χ1) is 8.99. The van der Waals surface area contributed by atoms with Crippen molar-refractivity contribution in [3.8, 4) is 0 Å². The Labute approximate surface area is 118 Å². The summed E-state index contributed by atoms with van der Waals surface area (Å²) in [5.74, 6) is -0.507. The summed E-state index contributed by atoms with van der Waals surface area (Å²) in [7, 11) is 0. The van der Waals surface area contributed by atoms with Crippen molar-refractivity contribution in [1.82, 2.24) is 15.2 Å². The van der Waals surface area contributed by atoms with Crippen molar-refractivity contribution in [2.45, 2.75) is 20.8 Å². The lowest BCUT2D eigenvalue weighted by molar-refractivity contribution is -0.129. The van der Waals surface area contributed by atoms with Crippen LogP contribution in [0.15, 0.2) is 12.3 Å². The zero-order valence-corrected chi connectivity index (χ0v) is 12.1. The molecule has 0 radical (unpaired) electrons. The molecule has 104 valence electrons. The lowest BCUT2D eigenvalue weighted by Crippen LogP contribution is -2.40. The molecular weight excluding hydrogens is 266 g/mol. The van der Waals surface area contributed by atoms with Gasteiger partial charge in [0.15, 0.2) is 0 Å². The van der Waals surface area contributed by atoms with E-state index in [1.165, 1.54) is 6.20 Å². The SMILES string of the molecule is CCN(CC)C(=O)CNC(=O)c1cnc(C)cc1Cl. The predicted molar refractivity (Wildman–Crippen MR) is 74.2 cm³/mol. The molecule has 0 unspecified atom stereocenters. The molecule has 1 N–H and O–H groups in total. The summed E-state index contributed by atoms with van der Waals surface area (Å²) in [4.78, 5) is 29.3. The molecule has 1 heterocycles. The number of hydrogen-bond donors (Lipinski definition) is 1. The van der Waals surface area contributed by atoms with Gasteiger partial charge in [0.25, 0.3) is 5.91 Å². The van der Waals surface area contributed by atoms with Gasteiger partial charge in [0.1, 0.15) is 0 Å². The summed E-state index contributed by atoms with van der Waals surface area (Å²) in [6.07, 6.45) is 1.41. The molecule has 2 amide bonds. The van der Waals surface area contributed by atoms with Crippen molar-refractivity contribution < 1.29 is 9.59 Å². The fourth-order valence-corrected chi connectivity index (χ4v) is 1.93. The third kappa shape index (κ3) is 4.21. The second kappa shape index (κ2) is 7.09. The van der Waals surface area contributed by atoms with Crippen LogP contribution >= 0.6 is 11.6 Å². The topological polar surface area (TPSA) is 62.3 Å². The van der Waals surface area contributed by atoms with Crippen LogP contribution in [0.25, 0.3) is 0 Å². The molecule has 0 fully saturated rings. The summed E-state index contributed by atoms with van der Waals surface area (Å²) >= 11 is 5.96. The third-order valence-corrected chi connectivity index (χ3v) is 3.06. The second-order valence-electron chi connectivity index (χ2n) is 4.05. The van der Waals surface area contributed by atoms with E-state index in [0.29, 0.717) is 18.1 Å². The van der Waals surface area contributed by atoms with Crippen LogP contribution in [0.1, 0.15) is 29.9 Å². The Balaban J connectivity index is 2.63. The highest BCUT2D eigenvalue weighted by atomic mass is 35.5. The maximum absolute atomic E-state index is 11.9. The Kier molecular flexibility index (Phi) is 5.76. The number of likely N-dealkylation sites (N-methyl/N-ethyl adjacent to an activating group) is 1. The monoisotopic (exact) mass is 283 g/mol. The van der Waals surface area contributed by atoms with E-state index in [9.17, 15) is 9.59 Å². The van der Waals surface area contributed by atoms with Crippen LogP contribution in [-0.2, 0) is 4.79 Å². The molecule has 0 aliphatic heterocycles. The van der Waals surface area contributed by atoms with Gasteiger partial charge in [-0.25, -0.2) is 0 Å². The summed E-state index contributed by atoms with van der Waals surface area (Å²) in [5.41, 5.74) is 1.01. The number of carbonyl (C=O) groups is 2. The van der Waals surface area contributed by atoms with Gasteiger partial charge < -0.3 is 10.2 Å². The Morgan fingerprint density at radius 1 is 1.37 bits per heavy atom. The van der Waals surface area contributed by atoms with E-state index < -0.39 is 5.91 Å². The number of aryl methyl sites for hydroxylation is 1. The Hall–Kier alpha value is -1.62. The van der Waals surface area contributed by atoms with Crippen molar-refractivity contribution in [2.75, 3.05) is 19.6 Å². The van der Waals surface area contributed by atoms with Crippen LogP contribution in [0.2, 0.25) is 5.02 Å². The van der Waals surface area contributed by atoms with E-state index >= 15 is 0 Å². The van der Waals surface area contributed by atoms with Gasteiger partial charge in [-0.15, -0.1) is 0 Å². The van der Waals surface area contributed by atoms with Crippen LogP contribution < -0.4 is 5.32 Å². The van der Waals surface area contributed by atoms with E-state index in [-0.39, 0.29) is 18.0 Å². The van der Waals surface area contributed by atoms with Crippen molar-refractivity contribution in [1.29, 1.82) is 0 Å². The molecule has 1 rings (SSSR count). The second-order valence-corrected chi connectivity index (χ2v) is 4.46. The van der Waals surface area contributed by atoms with Gasteiger partial charge in [-0.3, -0.25) is 14.6 Å². The van der Waals surface area contributed by atoms with E-state index in [1.807, 2.05) is 13.8 Å². The van der Waals surface area contributed by atoms with E-state index in [4.69, 9.17) is 11.6 Å². The molecule has 5 nitrogen and oxygen atoms in total. The molecule has 0 aromatic carbocycles. The van der Waals surface area contributed by atoms with Gasteiger partial charge in [0, 0.05) is 25.0 Å². The van der Waals surface area contributed by atoms with E-state index in [0.717, 1.165) is 5.69 Å². The number of rotatable bonds is 5. The third-order valence-electron chi connectivity index (χ3n) is 2.75. The van der Waals surface area contributed by atoms with Gasteiger partial charge >= 0.3 is 0 Å². The largest absolute Gasteiger partial charge is 0.343 e. The Bertz CT molecular complexity index is 473. The molecule has 19 heavy (non-hydrogen) atoms. The number of halogens is 1. The Morgan fingerprint density at radius 3 is 2.53 bits per heavy atom. The fourth-order valence-electron chi connectivity index (χ4n) is 1.63. The van der Waals surface area contributed by atoms with Gasteiger partial charge in [-0.2, -0.15) is 0 Å². The van der Waals surface area contributed by atoms with Crippen molar-refractivity contribution in [3.05, 3.63) is 28.5 Å². The van der Waals surface area contributed by atoms with Gasteiger partial charge in [-0.05, 0) is 26.8 Å². The van der Waals surface area contributed by atoms with Crippen molar-refractivity contribution in [2.24, 2.45) is 0 Å². The van der Waals surface area contributed by atoms with Gasteiger partial charge in [0.2, 0.25) is 5.91 Å². The van der Waals surface area contributed by atoms with Crippen LogP contribution in [0.3, 0.4) is 0 Å². The molecule has 0 saturated heterocycles. The van der Waals surface area contributed by atoms with Crippen molar-refractivity contribution >= 4 is 23.4 Å². The molecule has 0 aliphatic rings. The molecule has 0 aliphatic carbocycles. The molecule has 1 aromatic rings. The van der Waals surface area contributed by atoms with Gasteiger partial charge in [0.05, 0.1) is 17.1 Å². The average molecular weight is 284 g/mol. The molecule has 6 heteroatoms. The summed E-state index contributed by atoms with van der Waals surface area (Å²) in [6, 6.07) is 1.61. The molecule has 0 saturated carbocycles. The number of nitrogens with one attached hydrogen (secondary N) is 1. The highest BCUT2D eigenvalue weighted by Gasteiger charge is 2.14. The highest BCUT2D eigenvalue weighted by Crippen LogP contribution is 2.15. The minimum atomic E-state index is -0.391. The molecule has 0 atom stereocenters. The smallest absolute Gasteiger partial charge is 0.254 e. The lowest BCUT2D eigenvalue weighted by Gasteiger charge is -2.18. The fraction of sp³-hybridized carbons (Fsp3) is 0.462. The number of nitrogens with zero attached hydrogens (tertiary/aromatic N) is 2. The first-order valence-corrected chi connectivity index (χ1v) is 6.55. The normalized spacial score (nSPS) is 10.1. The number of amides is 2. The molecule has 0 bridgehead atoms. The maximum atomic E-state index is 11.9. The standard InChI is InChI=1S/C13H18ClN3O2/c1-4-17(5-2)12(18)8-16-13(19)10-7-15-9(3)6-11(10)14/h6-7H,4-5,8H2,1-3H3,(H,16,19). The lowest BCUT2D eigenvalue weighted by atomic mass is 10.2. The molecular formula is C13H18ClN3O2. The maximum Gasteiger partial charge on any atom is 0.254 e. The Morgan fingerprint density at radius 2 is 2.00 bits per heavy atom. The zero-order valence-electron chi connectivity index (χ0n) is 11.4. The predicted octanol–water partition coefficient (Wildman–Crippen LogP) is 1.64. The quantitative estimate of drug-likeness (QED) is 0.894. The van der Waals surface area contributed by atoms with Crippen LogP contribution in [-0.4, -0.2) is 41.3 Å². The highest BCUT2D eigenvalue weighted by molar-refractivity contribution is 6.33. The number of hydrogen-bond acceptors (Lipinski definition) is 3. The zero-order chi connectivity index (χ0) is 14.4. The number of carbonyl (C=O) groups excluding carboxylic acids is 2. The summed E-state index contributed by atoms with van der Waals surface area (Å²) < 4.78 is 0. The van der Waals surface area contributed by atoms with Gasteiger partial charge in [-0.1, -0.05) is 11.6 Å². The molecule has 1 aromatic heterocycles. The summed E-state index contributed by atoms with van der Waals surface area (Å²) in [6.45, 7) is 6.78. The van der Waals surface area contributed by atoms with Crippen LogP contribution in [0.5, 0.6) is 0 Å². The average Bonchev–Trinajstić information content (AvgIpc) is 2.37. The van der Waals surface area contributed by atoms with Crippen molar-refractivity contribution in [3.63, 3.8) is 0 Å². The van der Waals surface area contributed by atoms with E-state index in [2.05, 4.69) is 10.3 Å². The minimum absolute atomic E-state index is 0.0370. The number of aromatic nitrogens is 1.